The molecule has 1 amide bonds. The third kappa shape index (κ3) is 4.04. The van der Waals surface area contributed by atoms with Crippen molar-refractivity contribution < 1.29 is 17.9 Å². The van der Waals surface area contributed by atoms with E-state index in [2.05, 4.69) is 4.98 Å². The Bertz CT molecular complexity index is 894. The van der Waals surface area contributed by atoms with E-state index in [1.807, 2.05) is 30.3 Å². The number of amides is 1. The lowest BCUT2D eigenvalue weighted by Gasteiger charge is -2.23. The third-order valence-electron chi connectivity index (χ3n) is 4.71. The second kappa shape index (κ2) is 7.45. The summed E-state index contributed by atoms with van der Waals surface area (Å²) in [4.78, 5) is 18.5. The summed E-state index contributed by atoms with van der Waals surface area (Å²) in [5, 5.41) is 0. The van der Waals surface area contributed by atoms with E-state index >= 15 is 0 Å². The predicted molar refractivity (Wildman–Crippen MR) is 99.2 cm³/mol. The second-order valence-corrected chi connectivity index (χ2v) is 8.73. The van der Waals surface area contributed by atoms with Crippen molar-refractivity contribution in [2.75, 3.05) is 25.7 Å². The molecule has 7 heteroatoms. The van der Waals surface area contributed by atoms with Crippen LogP contribution in [0.1, 0.15) is 28.0 Å². The molecule has 0 saturated carbocycles. The molecule has 1 fully saturated rings. The van der Waals surface area contributed by atoms with E-state index in [1.54, 1.807) is 26.4 Å². The van der Waals surface area contributed by atoms with Crippen molar-refractivity contribution >= 4 is 15.7 Å². The Morgan fingerprint density at radius 3 is 2.65 bits per heavy atom. The van der Waals surface area contributed by atoms with Gasteiger partial charge < -0.3 is 9.64 Å². The Morgan fingerprint density at radius 2 is 2.04 bits per heavy atom. The van der Waals surface area contributed by atoms with Crippen LogP contribution < -0.4 is 4.74 Å². The average Bonchev–Trinajstić information content (AvgIpc) is 3.01. The van der Waals surface area contributed by atoms with Crippen molar-refractivity contribution in [2.24, 2.45) is 0 Å². The smallest absolute Gasteiger partial charge is 0.255 e. The SMILES string of the molecule is COc1ccccc1Cc1ccc(C(=O)N(C)[C@@H]2CCS(=O)(=O)C2)cn1. The maximum Gasteiger partial charge on any atom is 0.255 e. The van der Waals surface area contributed by atoms with E-state index in [0.717, 1.165) is 17.0 Å². The molecule has 3 rings (SSSR count). The van der Waals surface area contributed by atoms with Gasteiger partial charge in [-0.1, -0.05) is 18.2 Å². The Kier molecular flexibility index (Phi) is 5.27. The number of benzene rings is 1. The molecule has 1 aliphatic heterocycles. The average molecular weight is 374 g/mol. The van der Waals surface area contributed by atoms with Crippen molar-refractivity contribution in [2.45, 2.75) is 18.9 Å². The van der Waals surface area contributed by atoms with Gasteiger partial charge in [0.15, 0.2) is 9.84 Å². The molecule has 1 saturated heterocycles. The molecule has 1 aliphatic rings. The summed E-state index contributed by atoms with van der Waals surface area (Å²) in [6, 6.07) is 11.0. The van der Waals surface area contributed by atoms with E-state index in [-0.39, 0.29) is 23.5 Å². The fourth-order valence-electron chi connectivity index (χ4n) is 3.15. The summed E-state index contributed by atoms with van der Waals surface area (Å²) in [7, 11) is 0.256. The third-order valence-corrected chi connectivity index (χ3v) is 6.46. The minimum atomic E-state index is -3.03. The zero-order valence-electron chi connectivity index (χ0n) is 14.9. The Morgan fingerprint density at radius 1 is 1.27 bits per heavy atom. The van der Waals surface area contributed by atoms with Crippen LogP contribution in [0, 0.1) is 0 Å². The number of rotatable bonds is 5. The maximum atomic E-state index is 12.6. The van der Waals surface area contributed by atoms with Crippen LogP contribution in [0.25, 0.3) is 0 Å². The number of nitrogens with zero attached hydrogens (tertiary/aromatic N) is 2. The maximum absolute atomic E-state index is 12.6. The van der Waals surface area contributed by atoms with Crippen molar-refractivity contribution in [3.05, 3.63) is 59.4 Å². The van der Waals surface area contributed by atoms with Crippen molar-refractivity contribution in [3.63, 3.8) is 0 Å². The number of methoxy groups -OCH3 is 1. The van der Waals surface area contributed by atoms with Gasteiger partial charge >= 0.3 is 0 Å². The molecule has 0 unspecified atom stereocenters. The first-order valence-electron chi connectivity index (χ1n) is 8.44. The normalized spacial score (nSPS) is 18.5. The van der Waals surface area contributed by atoms with E-state index < -0.39 is 9.84 Å². The minimum absolute atomic E-state index is 0.0363. The molecular formula is C19H22N2O4S. The minimum Gasteiger partial charge on any atom is -0.496 e. The van der Waals surface area contributed by atoms with Crippen LogP contribution in [0.4, 0.5) is 0 Å². The molecule has 138 valence electrons. The Labute approximate surface area is 153 Å². The van der Waals surface area contributed by atoms with Crippen molar-refractivity contribution in [1.82, 2.24) is 9.88 Å². The molecule has 0 bridgehead atoms. The number of hydrogen-bond acceptors (Lipinski definition) is 5. The molecule has 0 radical (unpaired) electrons. The van der Waals surface area contributed by atoms with E-state index in [4.69, 9.17) is 4.74 Å². The van der Waals surface area contributed by atoms with Gasteiger partial charge in [-0.2, -0.15) is 0 Å². The lowest BCUT2D eigenvalue weighted by Crippen LogP contribution is -2.37. The van der Waals surface area contributed by atoms with E-state index in [0.29, 0.717) is 18.4 Å². The highest BCUT2D eigenvalue weighted by atomic mass is 32.2. The number of sulfone groups is 1. The van der Waals surface area contributed by atoms with Gasteiger partial charge in [0.25, 0.3) is 5.91 Å². The summed E-state index contributed by atoms with van der Waals surface area (Å²) in [5.41, 5.74) is 2.31. The van der Waals surface area contributed by atoms with Gasteiger partial charge in [0, 0.05) is 37.0 Å². The molecule has 0 aliphatic carbocycles. The van der Waals surface area contributed by atoms with Crippen LogP contribution in [0.3, 0.4) is 0 Å². The van der Waals surface area contributed by atoms with Gasteiger partial charge in [0.05, 0.1) is 24.2 Å². The van der Waals surface area contributed by atoms with Gasteiger partial charge in [-0.05, 0) is 24.6 Å². The lowest BCUT2D eigenvalue weighted by atomic mass is 10.1. The van der Waals surface area contributed by atoms with Crippen LogP contribution in [0.5, 0.6) is 5.75 Å². The summed E-state index contributed by atoms with van der Waals surface area (Å²) in [6.45, 7) is 0. The number of carbonyl (C=O) groups is 1. The first kappa shape index (κ1) is 18.4. The van der Waals surface area contributed by atoms with Gasteiger partial charge in [-0.15, -0.1) is 0 Å². The number of para-hydroxylation sites is 1. The first-order valence-corrected chi connectivity index (χ1v) is 10.3. The number of pyridine rings is 1. The lowest BCUT2D eigenvalue weighted by molar-refractivity contribution is 0.0747. The topological polar surface area (TPSA) is 76.6 Å². The van der Waals surface area contributed by atoms with Crippen LogP contribution >= 0.6 is 0 Å². The fourth-order valence-corrected chi connectivity index (χ4v) is 4.92. The van der Waals surface area contributed by atoms with E-state index in [9.17, 15) is 13.2 Å². The van der Waals surface area contributed by atoms with Crippen LogP contribution in [0.15, 0.2) is 42.6 Å². The Balaban J connectivity index is 1.70. The highest BCUT2D eigenvalue weighted by Gasteiger charge is 2.33. The quantitative estimate of drug-likeness (QED) is 0.799. The van der Waals surface area contributed by atoms with Gasteiger partial charge in [0.1, 0.15) is 5.75 Å². The van der Waals surface area contributed by atoms with Crippen LogP contribution in [-0.2, 0) is 16.3 Å². The highest BCUT2D eigenvalue weighted by molar-refractivity contribution is 7.91. The zero-order chi connectivity index (χ0) is 18.7. The first-order chi connectivity index (χ1) is 12.4. The molecule has 0 N–H and O–H groups in total. The summed E-state index contributed by atoms with van der Waals surface area (Å²) in [5.74, 6) is 0.778. The Hall–Kier alpha value is -2.41. The number of carbonyl (C=O) groups excluding carboxylic acids is 1. The molecular weight excluding hydrogens is 352 g/mol. The van der Waals surface area contributed by atoms with Crippen molar-refractivity contribution in [1.29, 1.82) is 0 Å². The predicted octanol–water partition coefficient (Wildman–Crippen LogP) is 1.94. The van der Waals surface area contributed by atoms with Crippen LogP contribution in [-0.4, -0.2) is 55.9 Å². The van der Waals surface area contributed by atoms with Crippen LogP contribution in [0.2, 0.25) is 0 Å². The molecule has 0 spiro atoms. The fraction of sp³-hybridized carbons (Fsp3) is 0.368. The number of ether oxygens (including phenoxy) is 1. The molecule has 1 aromatic heterocycles. The van der Waals surface area contributed by atoms with Gasteiger partial charge in [-0.25, -0.2) is 8.42 Å². The molecule has 6 nitrogen and oxygen atoms in total. The highest BCUT2D eigenvalue weighted by Crippen LogP contribution is 2.21. The second-order valence-electron chi connectivity index (χ2n) is 6.50. The summed E-state index contributed by atoms with van der Waals surface area (Å²) < 4.78 is 28.6. The molecule has 2 heterocycles. The summed E-state index contributed by atoms with van der Waals surface area (Å²) >= 11 is 0. The monoisotopic (exact) mass is 374 g/mol. The molecule has 26 heavy (non-hydrogen) atoms. The zero-order valence-corrected chi connectivity index (χ0v) is 15.7. The molecule has 1 aromatic carbocycles. The summed E-state index contributed by atoms with van der Waals surface area (Å²) in [6.07, 6.45) is 2.64. The number of aromatic nitrogens is 1. The van der Waals surface area contributed by atoms with Crippen molar-refractivity contribution in [3.8, 4) is 5.75 Å². The standard InChI is InChI=1S/C19H22N2O4S/c1-21(17-9-10-26(23,24)13-17)19(22)15-7-8-16(20-12-15)11-14-5-3-4-6-18(14)25-2/h3-8,12,17H,9-11,13H2,1-2H3/t17-/m1/s1. The molecule has 1 atom stereocenters. The van der Waals surface area contributed by atoms with Gasteiger partial charge in [0.2, 0.25) is 0 Å². The van der Waals surface area contributed by atoms with Gasteiger partial charge in [-0.3, -0.25) is 9.78 Å². The largest absolute Gasteiger partial charge is 0.496 e. The number of hydrogen-bond donors (Lipinski definition) is 0. The molecule has 2 aromatic rings. The van der Waals surface area contributed by atoms with E-state index in [1.165, 1.54) is 4.90 Å².